The van der Waals surface area contributed by atoms with Crippen molar-refractivity contribution >= 4 is 32.9 Å². The molecule has 2 atom stereocenters. The average molecular weight is 410 g/mol. The van der Waals surface area contributed by atoms with Crippen LogP contribution in [-0.4, -0.2) is 16.6 Å². The second-order valence-corrected chi connectivity index (χ2v) is 8.68. The summed E-state index contributed by atoms with van der Waals surface area (Å²) < 4.78 is 5.75. The normalized spacial score (nSPS) is 17.2. The summed E-state index contributed by atoms with van der Waals surface area (Å²) >= 11 is 3.15. The second kappa shape index (κ2) is 7.16. The molecule has 5 rings (SSSR count). The molecule has 142 valence electrons. The van der Waals surface area contributed by atoms with E-state index in [-0.39, 0.29) is 17.6 Å². The first-order chi connectivity index (χ1) is 13.7. The standard InChI is InChI=1S/C21H19N3O2S2/c1-12(22-15-8-9-26-16-6-3-2-5-13(15)16)19-23-20(25)18-14(11-28-21(18)24-19)17-7-4-10-27-17/h2-7,10-12,15,22H,8-9H2,1H3,(H,23,24,25)/t12-,15-/m0/s1. The summed E-state index contributed by atoms with van der Waals surface area (Å²) in [4.78, 5) is 22.5. The van der Waals surface area contributed by atoms with Crippen molar-refractivity contribution in [3.63, 3.8) is 0 Å². The van der Waals surface area contributed by atoms with Crippen molar-refractivity contribution in [3.8, 4) is 16.2 Å². The number of ether oxygens (including phenoxy) is 1. The molecule has 0 bridgehead atoms. The number of fused-ring (bicyclic) bond motifs is 2. The van der Waals surface area contributed by atoms with Gasteiger partial charge in [0.15, 0.2) is 0 Å². The van der Waals surface area contributed by atoms with Crippen molar-refractivity contribution in [1.82, 2.24) is 15.3 Å². The van der Waals surface area contributed by atoms with E-state index in [1.807, 2.05) is 48.0 Å². The Labute approximate surface area is 170 Å². The van der Waals surface area contributed by atoms with Crippen molar-refractivity contribution in [3.05, 3.63) is 68.9 Å². The van der Waals surface area contributed by atoms with Crippen LogP contribution in [0, 0.1) is 0 Å². The number of nitrogens with zero attached hydrogens (tertiary/aromatic N) is 1. The van der Waals surface area contributed by atoms with Crippen LogP contribution in [0.4, 0.5) is 0 Å². The molecule has 4 heterocycles. The van der Waals surface area contributed by atoms with Gasteiger partial charge in [-0.15, -0.1) is 22.7 Å². The zero-order valence-corrected chi connectivity index (χ0v) is 16.9. The third-order valence-corrected chi connectivity index (χ3v) is 6.84. The maximum atomic E-state index is 12.8. The van der Waals surface area contributed by atoms with Gasteiger partial charge in [-0.05, 0) is 24.4 Å². The van der Waals surface area contributed by atoms with Crippen LogP contribution in [0.3, 0.4) is 0 Å². The van der Waals surface area contributed by atoms with Gasteiger partial charge in [-0.2, -0.15) is 0 Å². The van der Waals surface area contributed by atoms with Crippen molar-refractivity contribution in [2.75, 3.05) is 6.61 Å². The number of nitrogens with one attached hydrogen (secondary N) is 2. The first-order valence-corrected chi connectivity index (χ1v) is 11.0. The Balaban J connectivity index is 1.46. The molecule has 4 aromatic rings. The highest BCUT2D eigenvalue weighted by Crippen LogP contribution is 2.35. The van der Waals surface area contributed by atoms with Gasteiger partial charge in [0.1, 0.15) is 16.4 Å². The van der Waals surface area contributed by atoms with Crippen molar-refractivity contribution < 1.29 is 4.74 Å². The quantitative estimate of drug-likeness (QED) is 0.504. The van der Waals surface area contributed by atoms with Gasteiger partial charge in [0.2, 0.25) is 0 Å². The molecule has 0 unspecified atom stereocenters. The van der Waals surface area contributed by atoms with Gasteiger partial charge < -0.3 is 15.0 Å². The van der Waals surface area contributed by atoms with Crippen LogP contribution in [0.25, 0.3) is 20.7 Å². The summed E-state index contributed by atoms with van der Waals surface area (Å²) in [6, 6.07) is 12.2. The number of aromatic amines is 1. The Morgan fingerprint density at radius 3 is 3.00 bits per heavy atom. The molecule has 1 aliphatic rings. The number of rotatable bonds is 4. The summed E-state index contributed by atoms with van der Waals surface area (Å²) in [5.41, 5.74) is 2.04. The minimum Gasteiger partial charge on any atom is -0.493 e. The molecule has 3 aromatic heterocycles. The van der Waals surface area contributed by atoms with E-state index in [4.69, 9.17) is 9.72 Å². The number of hydrogen-bond donors (Lipinski definition) is 2. The number of thiophene rings is 2. The second-order valence-electron chi connectivity index (χ2n) is 6.87. The number of hydrogen-bond acceptors (Lipinski definition) is 6. The van der Waals surface area contributed by atoms with E-state index in [1.54, 1.807) is 11.3 Å². The molecule has 0 saturated heterocycles. The minimum atomic E-state index is -0.0828. The Kier molecular flexibility index (Phi) is 4.50. The van der Waals surface area contributed by atoms with Gasteiger partial charge in [-0.1, -0.05) is 24.3 Å². The summed E-state index contributed by atoms with van der Waals surface area (Å²) in [5.74, 6) is 1.59. The van der Waals surface area contributed by atoms with Crippen molar-refractivity contribution in [2.45, 2.75) is 25.4 Å². The van der Waals surface area contributed by atoms with Crippen LogP contribution < -0.4 is 15.6 Å². The molecular weight excluding hydrogens is 390 g/mol. The topological polar surface area (TPSA) is 67.0 Å². The third kappa shape index (κ3) is 3.05. The largest absolute Gasteiger partial charge is 0.493 e. The lowest BCUT2D eigenvalue weighted by molar-refractivity contribution is 0.245. The molecule has 28 heavy (non-hydrogen) atoms. The summed E-state index contributed by atoms with van der Waals surface area (Å²) in [6.45, 7) is 2.72. The number of aromatic nitrogens is 2. The smallest absolute Gasteiger partial charge is 0.260 e. The van der Waals surface area contributed by atoms with E-state index in [9.17, 15) is 4.79 Å². The van der Waals surface area contributed by atoms with E-state index < -0.39 is 0 Å². The number of para-hydroxylation sites is 1. The van der Waals surface area contributed by atoms with Gasteiger partial charge in [0.25, 0.3) is 5.56 Å². The fourth-order valence-electron chi connectivity index (χ4n) is 3.68. The zero-order chi connectivity index (χ0) is 19.1. The molecule has 2 N–H and O–H groups in total. The summed E-state index contributed by atoms with van der Waals surface area (Å²) in [6.07, 6.45) is 0.884. The molecule has 0 saturated carbocycles. The summed E-state index contributed by atoms with van der Waals surface area (Å²) in [5, 5.41) is 8.34. The maximum absolute atomic E-state index is 12.8. The zero-order valence-electron chi connectivity index (χ0n) is 15.3. The minimum absolute atomic E-state index is 0.0781. The molecule has 1 aromatic carbocycles. The van der Waals surface area contributed by atoms with E-state index >= 15 is 0 Å². The number of H-pyrrole nitrogens is 1. The predicted octanol–water partition coefficient (Wildman–Crippen LogP) is 4.89. The van der Waals surface area contributed by atoms with Crippen LogP contribution >= 0.6 is 22.7 Å². The number of benzene rings is 1. The van der Waals surface area contributed by atoms with Gasteiger partial charge in [-0.25, -0.2) is 4.98 Å². The molecule has 7 heteroatoms. The van der Waals surface area contributed by atoms with E-state index in [0.717, 1.165) is 33.0 Å². The molecule has 0 radical (unpaired) electrons. The fraction of sp³-hybridized carbons (Fsp3) is 0.238. The summed E-state index contributed by atoms with van der Waals surface area (Å²) in [7, 11) is 0. The van der Waals surface area contributed by atoms with Crippen LogP contribution in [0.5, 0.6) is 5.75 Å². The van der Waals surface area contributed by atoms with Crippen molar-refractivity contribution in [1.29, 1.82) is 0 Å². The highest BCUT2D eigenvalue weighted by molar-refractivity contribution is 7.18. The van der Waals surface area contributed by atoms with Crippen LogP contribution in [0.15, 0.2) is 52.0 Å². The highest BCUT2D eigenvalue weighted by atomic mass is 32.1. The Hall–Kier alpha value is -2.48. The lowest BCUT2D eigenvalue weighted by Gasteiger charge is -2.29. The third-order valence-electron chi connectivity index (χ3n) is 5.07. The van der Waals surface area contributed by atoms with E-state index in [1.165, 1.54) is 11.3 Å². The molecule has 5 nitrogen and oxygen atoms in total. The van der Waals surface area contributed by atoms with Crippen LogP contribution in [0.2, 0.25) is 0 Å². The Morgan fingerprint density at radius 2 is 2.14 bits per heavy atom. The molecule has 0 fully saturated rings. The Morgan fingerprint density at radius 1 is 1.25 bits per heavy atom. The van der Waals surface area contributed by atoms with E-state index in [0.29, 0.717) is 17.8 Å². The molecular formula is C21H19N3O2S2. The molecule has 0 spiro atoms. The maximum Gasteiger partial charge on any atom is 0.260 e. The van der Waals surface area contributed by atoms with Crippen molar-refractivity contribution in [2.24, 2.45) is 0 Å². The molecule has 0 aliphatic carbocycles. The van der Waals surface area contributed by atoms with Gasteiger partial charge in [0.05, 0.1) is 18.0 Å². The first-order valence-electron chi connectivity index (χ1n) is 9.24. The average Bonchev–Trinajstić information content (AvgIpc) is 3.38. The Bertz CT molecular complexity index is 1180. The van der Waals surface area contributed by atoms with Gasteiger partial charge in [-0.3, -0.25) is 4.79 Å². The monoisotopic (exact) mass is 409 g/mol. The lowest BCUT2D eigenvalue weighted by atomic mass is 10.00. The molecule has 0 amide bonds. The highest BCUT2D eigenvalue weighted by Gasteiger charge is 2.24. The van der Waals surface area contributed by atoms with Crippen LogP contribution in [0.1, 0.15) is 36.8 Å². The molecule has 1 aliphatic heterocycles. The van der Waals surface area contributed by atoms with Gasteiger partial charge in [0, 0.05) is 33.8 Å². The lowest BCUT2D eigenvalue weighted by Crippen LogP contribution is -2.31. The first kappa shape index (κ1) is 17.6. The predicted molar refractivity (Wildman–Crippen MR) is 114 cm³/mol. The van der Waals surface area contributed by atoms with Gasteiger partial charge >= 0.3 is 0 Å². The fourth-order valence-corrected chi connectivity index (χ4v) is 5.45. The van der Waals surface area contributed by atoms with Crippen LogP contribution in [-0.2, 0) is 0 Å². The SMILES string of the molecule is C[C@H](N[C@H]1CCOc2ccccc21)c1nc2scc(-c3cccs3)c2c(=O)[nH]1. The van der Waals surface area contributed by atoms with E-state index in [2.05, 4.69) is 16.4 Å².